The molecule has 0 saturated heterocycles. The lowest BCUT2D eigenvalue weighted by Crippen LogP contribution is -2.31. The number of rotatable bonds is 6. The van der Waals surface area contributed by atoms with E-state index < -0.39 is 6.04 Å². The zero-order valence-corrected chi connectivity index (χ0v) is 17.5. The van der Waals surface area contributed by atoms with Crippen LogP contribution in [0.3, 0.4) is 0 Å². The Balaban J connectivity index is 1.86. The van der Waals surface area contributed by atoms with Gasteiger partial charge in [0.05, 0.1) is 26.9 Å². The summed E-state index contributed by atoms with van der Waals surface area (Å²) in [6.45, 7) is 1.80. The summed E-state index contributed by atoms with van der Waals surface area (Å²) in [6, 6.07) is 12.0. The van der Waals surface area contributed by atoms with Crippen LogP contribution in [0.15, 0.2) is 53.7 Å². The van der Waals surface area contributed by atoms with Gasteiger partial charge >= 0.3 is 0 Å². The molecule has 1 amide bonds. The average Bonchev–Trinajstić information content (AvgIpc) is 3.25. The van der Waals surface area contributed by atoms with E-state index in [2.05, 4.69) is 26.2 Å². The Morgan fingerprint density at radius 3 is 2.39 bits per heavy atom. The maximum Gasteiger partial charge on any atom is 0.255 e. The standard InChI is InChI=1S/C21H22N6O4/c1-12-18(20(28)23-13-8-6-5-7-9-13)19(27-21(22-12)24-25-26-27)14-10-16(30-3)17(31-4)11-15(14)29-2/h5-11,19H,1-4H3,(H,23,28)(H,22,24,26). The Morgan fingerprint density at radius 1 is 1.03 bits per heavy atom. The molecule has 160 valence electrons. The molecule has 2 heterocycles. The molecule has 2 N–H and O–H groups in total. The number of ether oxygens (including phenoxy) is 3. The number of para-hydroxylation sites is 1. The number of amides is 1. The van der Waals surface area contributed by atoms with E-state index in [0.29, 0.717) is 45.7 Å². The summed E-state index contributed by atoms with van der Waals surface area (Å²) >= 11 is 0. The van der Waals surface area contributed by atoms with Crippen LogP contribution in [0.5, 0.6) is 17.2 Å². The Bertz CT molecular complexity index is 1140. The van der Waals surface area contributed by atoms with Crippen molar-refractivity contribution in [2.24, 2.45) is 0 Å². The van der Waals surface area contributed by atoms with E-state index in [0.717, 1.165) is 0 Å². The van der Waals surface area contributed by atoms with Crippen LogP contribution in [-0.2, 0) is 4.79 Å². The van der Waals surface area contributed by atoms with E-state index in [9.17, 15) is 4.79 Å². The van der Waals surface area contributed by atoms with Crippen molar-refractivity contribution in [1.82, 2.24) is 20.2 Å². The minimum atomic E-state index is -0.662. The summed E-state index contributed by atoms with van der Waals surface area (Å²) in [4.78, 5) is 13.4. The molecule has 0 aliphatic carbocycles. The first kappa shape index (κ1) is 20.2. The topological polar surface area (TPSA) is 112 Å². The second-order valence-corrected chi connectivity index (χ2v) is 6.78. The highest BCUT2D eigenvalue weighted by atomic mass is 16.5. The Hall–Kier alpha value is -4.08. The molecular formula is C21H22N6O4. The Labute approximate surface area is 178 Å². The predicted octanol–water partition coefficient (Wildman–Crippen LogP) is 2.63. The number of anilines is 2. The van der Waals surface area contributed by atoms with Gasteiger partial charge in [0.1, 0.15) is 11.8 Å². The molecule has 2 aromatic carbocycles. The Kier molecular flexibility index (Phi) is 5.44. The summed E-state index contributed by atoms with van der Waals surface area (Å²) < 4.78 is 18.0. The number of allylic oxidation sites excluding steroid dienone is 1. The van der Waals surface area contributed by atoms with Crippen molar-refractivity contribution in [3.05, 3.63) is 59.3 Å². The molecule has 3 aromatic rings. The maximum atomic E-state index is 13.4. The van der Waals surface area contributed by atoms with Crippen molar-refractivity contribution in [2.45, 2.75) is 13.0 Å². The number of hydrogen-bond donors (Lipinski definition) is 2. The van der Waals surface area contributed by atoms with Crippen molar-refractivity contribution >= 4 is 17.5 Å². The number of nitrogens with zero attached hydrogens (tertiary/aromatic N) is 4. The molecule has 1 aliphatic heterocycles. The number of aromatic nitrogens is 4. The number of fused-ring (bicyclic) bond motifs is 1. The molecule has 0 saturated carbocycles. The molecule has 10 nitrogen and oxygen atoms in total. The molecule has 1 aromatic heterocycles. The number of tetrazole rings is 1. The summed E-state index contributed by atoms with van der Waals surface area (Å²) in [6.07, 6.45) is 0. The molecule has 0 bridgehead atoms. The molecule has 0 spiro atoms. The van der Waals surface area contributed by atoms with Crippen LogP contribution >= 0.6 is 0 Å². The van der Waals surface area contributed by atoms with Crippen molar-refractivity contribution in [3.63, 3.8) is 0 Å². The lowest BCUT2D eigenvalue weighted by Gasteiger charge is -2.29. The van der Waals surface area contributed by atoms with Gasteiger partial charge in [-0.2, -0.15) is 4.68 Å². The molecule has 31 heavy (non-hydrogen) atoms. The quantitative estimate of drug-likeness (QED) is 0.623. The van der Waals surface area contributed by atoms with Gasteiger partial charge in [-0.1, -0.05) is 23.3 Å². The molecule has 1 aliphatic rings. The zero-order valence-electron chi connectivity index (χ0n) is 17.5. The monoisotopic (exact) mass is 422 g/mol. The highest BCUT2D eigenvalue weighted by Gasteiger charge is 2.36. The number of carbonyl (C=O) groups excluding carboxylic acids is 1. The summed E-state index contributed by atoms with van der Waals surface area (Å²) in [7, 11) is 4.64. The number of benzene rings is 2. The Morgan fingerprint density at radius 2 is 1.71 bits per heavy atom. The van der Waals surface area contributed by atoms with Gasteiger partial charge in [-0.05, 0) is 35.5 Å². The number of hydrogen-bond acceptors (Lipinski definition) is 8. The lowest BCUT2D eigenvalue weighted by atomic mass is 9.93. The zero-order chi connectivity index (χ0) is 22.0. The van der Waals surface area contributed by atoms with Crippen LogP contribution in [-0.4, -0.2) is 47.4 Å². The first-order chi connectivity index (χ1) is 15.1. The number of nitrogens with one attached hydrogen (secondary N) is 2. The summed E-state index contributed by atoms with van der Waals surface area (Å²) in [5.74, 6) is 1.62. The van der Waals surface area contributed by atoms with E-state index in [1.54, 1.807) is 40.4 Å². The third-order valence-electron chi connectivity index (χ3n) is 5.02. The van der Waals surface area contributed by atoms with Crippen molar-refractivity contribution in [2.75, 3.05) is 32.0 Å². The first-order valence-corrected chi connectivity index (χ1v) is 9.49. The SMILES string of the molecule is COc1cc(OC)c(C2C(C(=O)Nc3ccccc3)=C(C)Nc3nnnn32)cc1OC. The molecule has 10 heteroatoms. The van der Waals surface area contributed by atoms with Crippen LogP contribution in [0.25, 0.3) is 0 Å². The fourth-order valence-corrected chi connectivity index (χ4v) is 3.58. The van der Waals surface area contributed by atoms with E-state index in [4.69, 9.17) is 14.2 Å². The maximum absolute atomic E-state index is 13.4. The third kappa shape index (κ3) is 3.63. The first-order valence-electron chi connectivity index (χ1n) is 9.49. The molecule has 1 unspecified atom stereocenters. The minimum Gasteiger partial charge on any atom is -0.496 e. The van der Waals surface area contributed by atoms with Gasteiger partial charge in [-0.15, -0.1) is 0 Å². The van der Waals surface area contributed by atoms with Crippen LogP contribution in [0, 0.1) is 0 Å². The predicted molar refractivity (Wildman–Crippen MR) is 113 cm³/mol. The van der Waals surface area contributed by atoms with Gasteiger partial charge in [-0.3, -0.25) is 4.79 Å². The fourth-order valence-electron chi connectivity index (χ4n) is 3.58. The van der Waals surface area contributed by atoms with Crippen LogP contribution < -0.4 is 24.8 Å². The van der Waals surface area contributed by atoms with E-state index in [-0.39, 0.29) is 5.91 Å². The highest BCUT2D eigenvalue weighted by molar-refractivity contribution is 6.06. The second kappa shape index (κ2) is 8.34. The van der Waals surface area contributed by atoms with Gasteiger partial charge in [0.25, 0.3) is 5.91 Å². The fraction of sp³-hybridized carbons (Fsp3) is 0.238. The van der Waals surface area contributed by atoms with Crippen LogP contribution in [0.4, 0.5) is 11.6 Å². The van der Waals surface area contributed by atoms with Crippen molar-refractivity contribution < 1.29 is 19.0 Å². The lowest BCUT2D eigenvalue weighted by molar-refractivity contribution is -0.113. The van der Waals surface area contributed by atoms with E-state index in [1.807, 2.05) is 30.3 Å². The average molecular weight is 422 g/mol. The van der Waals surface area contributed by atoms with Crippen molar-refractivity contribution in [1.29, 1.82) is 0 Å². The third-order valence-corrected chi connectivity index (χ3v) is 5.02. The van der Waals surface area contributed by atoms with Gasteiger partial charge in [0.15, 0.2) is 11.5 Å². The molecule has 0 radical (unpaired) electrons. The van der Waals surface area contributed by atoms with Crippen LogP contribution in [0.1, 0.15) is 18.5 Å². The molecule has 1 atom stereocenters. The minimum absolute atomic E-state index is 0.292. The largest absolute Gasteiger partial charge is 0.496 e. The molecular weight excluding hydrogens is 400 g/mol. The summed E-state index contributed by atoms with van der Waals surface area (Å²) in [5, 5.41) is 17.9. The van der Waals surface area contributed by atoms with Gasteiger partial charge in [0, 0.05) is 23.0 Å². The number of methoxy groups -OCH3 is 3. The number of carbonyl (C=O) groups is 1. The van der Waals surface area contributed by atoms with Gasteiger partial charge in [0.2, 0.25) is 5.95 Å². The smallest absolute Gasteiger partial charge is 0.255 e. The summed E-state index contributed by atoms with van der Waals surface area (Å²) in [5.41, 5.74) is 2.38. The molecule has 4 rings (SSSR count). The van der Waals surface area contributed by atoms with Gasteiger partial charge in [-0.25, -0.2) is 0 Å². The van der Waals surface area contributed by atoms with Crippen molar-refractivity contribution in [3.8, 4) is 17.2 Å². The second-order valence-electron chi connectivity index (χ2n) is 6.78. The van der Waals surface area contributed by atoms with Gasteiger partial charge < -0.3 is 24.8 Å². The van der Waals surface area contributed by atoms with Crippen LogP contribution in [0.2, 0.25) is 0 Å². The normalized spacial score (nSPS) is 15.0. The molecule has 0 fully saturated rings. The van der Waals surface area contributed by atoms with E-state index in [1.165, 1.54) is 4.68 Å². The van der Waals surface area contributed by atoms with E-state index >= 15 is 0 Å². The highest BCUT2D eigenvalue weighted by Crippen LogP contribution is 2.43.